The first-order valence-electron chi connectivity index (χ1n) is 9.20. The second-order valence-corrected chi connectivity index (χ2v) is 8.28. The zero-order chi connectivity index (χ0) is 18.4. The number of nitrogens with zero attached hydrogens (tertiary/aromatic N) is 1. The van der Waals surface area contributed by atoms with Crippen LogP contribution >= 0.6 is 15.9 Å². The van der Waals surface area contributed by atoms with Gasteiger partial charge in [0.15, 0.2) is 0 Å². The van der Waals surface area contributed by atoms with Crippen LogP contribution in [0.15, 0.2) is 59.1 Å². The van der Waals surface area contributed by atoms with Crippen molar-refractivity contribution in [2.24, 2.45) is 0 Å². The van der Waals surface area contributed by atoms with Gasteiger partial charge in [0.2, 0.25) is 5.91 Å². The number of halogens is 1. The Labute approximate surface area is 164 Å². The number of quaternary nitrogens is 1. The molecule has 2 aromatic rings. The molecule has 1 aliphatic heterocycles. The molecule has 26 heavy (non-hydrogen) atoms. The minimum absolute atomic E-state index is 0.118. The standard InChI is InChI=1S/C22H25BrN2O/c1-25(14-3-2-4-15-25)17-19-8-11-21(12-9-19)24-22(26)13-10-18-6-5-7-20(23)16-18/h5-13,16H,2-4,14-15,17H2,1H3/p+1/b13-10+. The predicted octanol–water partition coefficient (Wildman–Crippen LogP) is 5.23. The van der Waals surface area contributed by atoms with Crippen LogP contribution in [0.5, 0.6) is 0 Å². The minimum atomic E-state index is -0.118. The summed E-state index contributed by atoms with van der Waals surface area (Å²) in [5.74, 6) is -0.118. The fraction of sp³-hybridized carbons (Fsp3) is 0.318. The van der Waals surface area contributed by atoms with Crippen LogP contribution in [0.3, 0.4) is 0 Å². The highest BCUT2D eigenvalue weighted by molar-refractivity contribution is 9.10. The Balaban J connectivity index is 1.56. The Bertz CT molecular complexity index is 777. The van der Waals surface area contributed by atoms with E-state index in [0.29, 0.717) is 0 Å². The summed E-state index contributed by atoms with van der Waals surface area (Å²) < 4.78 is 2.13. The second kappa shape index (κ2) is 8.65. The summed E-state index contributed by atoms with van der Waals surface area (Å²) in [6.07, 6.45) is 7.40. The summed E-state index contributed by atoms with van der Waals surface area (Å²) in [5, 5.41) is 2.92. The van der Waals surface area contributed by atoms with Gasteiger partial charge in [-0.2, -0.15) is 0 Å². The van der Waals surface area contributed by atoms with Crippen molar-refractivity contribution in [1.29, 1.82) is 0 Å². The highest BCUT2D eigenvalue weighted by atomic mass is 79.9. The van der Waals surface area contributed by atoms with Crippen molar-refractivity contribution >= 4 is 33.6 Å². The predicted molar refractivity (Wildman–Crippen MR) is 112 cm³/mol. The van der Waals surface area contributed by atoms with E-state index in [-0.39, 0.29) is 5.91 Å². The van der Waals surface area contributed by atoms with Gasteiger partial charge < -0.3 is 9.80 Å². The Morgan fingerprint density at radius 2 is 1.85 bits per heavy atom. The molecule has 1 aliphatic rings. The third-order valence-corrected chi connectivity index (χ3v) is 5.45. The summed E-state index contributed by atoms with van der Waals surface area (Å²) >= 11 is 3.43. The number of hydrogen-bond acceptors (Lipinski definition) is 1. The smallest absolute Gasteiger partial charge is 0.248 e. The van der Waals surface area contributed by atoms with Crippen molar-refractivity contribution in [2.45, 2.75) is 25.8 Å². The molecule has 0 bridgehead atoms. The fourth-order valence-electron chi connectivity index (χ4n) is 3.53. The van der Waals surface area contributed by atoms with Gasteiger partial charge in [0.1, 0.15) is 6.54 Å². The van der Waals surface area contributed by atoms with Crippen LogP contribution in [-0.2, 0) is 11.3 Å². The molecular formula is C22H26BrN2O+. The van der Waals surface area contributed by atoms with Crippen molar-refractivity contribution in [1.82, 2.24) is 0 Å². The number of amides is 1. The Morgan fingerprint density at radius 3 is 2.54 bits per heavy atom. The Morgan fingerprint density at radius 1 is 1.12 bits per heavy atom. The summed E-state index contributed by atoms with van der Waals surface area (Å²) in [4.78, 5) is 12.1. The number of carbonyl (C=O) groups is 1. The molecule has 1 N–H and O–H groups in total. The number of likely N-dealkylation sites (tertiary alicyclic amines) is 1. The average Bonchev–Trinajstić information content (AvgIpc) is 2.62. The summed E-state index contributed by atoms with van der Waals surface area (Å²) in [6.45, 7) is 3.59. The number of benzene rings is 2. The first-order valence-corrected chi connectivity index (χ1v) is 9.99. The van der Waals surface area contributed by atoms with Crippen LogP contribution < -0.4 is 5.32 Å². The van der Waals surface area contributed by atoms with Gasteiger partial charge in [-0.1, -0.05) is 40.2 Å². The molecule has 0 aliphatic carbocycles. The van der Waals surface area contributed by atoms with E-state index in [1.165, 1.54) is 37.9 Å². The zero-order valence-corrected chi connectivity index (χ0v) is 16.8. The molecule has 3 nitrogen and oxygen atoms in total. The molecule has 0 unspecified atom stereocenters. The molecule has 136 valence electrons. The quantitative estimate of drug-likeness (QED) is 0.527. The van der Waals surface area contributed by atoms with Gasteiger partial charge in [-0.25, -0.2) is 0 Å². The highest BCUT2D eigenvalue weighted by Crippen LogP contribution is 2.21. The number of anilines is 1. The number of nitrogens with one attached hydrogen (secondary N) is 1. The lowest BCUT2D eigenvalue weighted by molar-refractivity contribution is -0.926. The lowest BCUT2D eigenvalue weighted by atomic mass is 10.1. The third kappa shape index (κ3) is 5.55. The molecular weight excluding hydrogens is 388 g/mol. The minimum Gasteiger partial charge on any atom is -0.323 e. The van der Waals surface area contributed by atoms with Crippen molar-refractivity contribution in [3.8, 4) is 0 Å². The van der Waals surface area contributed by atoms with Crippen LogP contribution in [0.2, 0.25) is 0 Å². The number of piperidine rings is 1. The van der Waals surface area contributed by atoms with Gasteiger partial charge in [0.25, 0.3) is 0 Å². The first-order chi connectivity index (χ1) is 12.5. The molecule has 2 aromatic carbocycles. The van der Waals surface area contributed by atoms with Gasteiger partial charge in [0, 0.05) is 21.8 Å². The normalized spacial score (nSPS) is 16.5. The van der Waals surface area contributed by atoms with Gasteiger partial charge in [-0.05, 0) is 55.2 Å². The van der Waals surface area contributed by atoms with E-state index in [1.807, 2.05) is 42.5 Å². The van der Waals surface area contributed by atoms with Crippen LogP contribution in [0.4, 0.5) is 5.69 Å². The van der Waals surface area contributed by atoms with Crippen LogP contribution in [-0.4, -0.2) is 30.5 Å². The van der Waals surface area contributed by atoms with Crippen LogP contribution in [0.25, 0.3) is 6.08 Å². The molecule has 1 fully saturated rings. The van der Waals surface area contributed by atoms with E-state index in [4.69, 9.17) is 0 Å². The van der Waals surface area contributed by atoms with Crippen molar-refractivity contribution < 1.29 is 9.28 Å². The van der Waals surface area contributed by atoms with Crippen LogP contribution in [0, 0.1) is 0 Å². The van der Waals surface area contributed by atoms with Crippen molar-refractivity contribution in [3.63, 3.8) is 0 Å². The number of carbonyl (C=O) groups excluding carboxylic acids is 1. The zero-order valence-electron chi connectivity index (χ0n) is 15.2. The molecule has 0 saturated carbocycles. The van der Waals surface area contributed by atoms with Gasteiger partial charge >= 0.3 is 0 Å². The maximum absolute atomic E-state index is 12.1. The highest BCUT2D eigenvalue weighted by Gasteiger charge is 2.24. The molecule has 3 rings (SSSR count). The summed E-state index contributed by atoms with van der Waals surface area (Å²) in [7, 11) is 2.35. The first kappa shape index (κ1) is 18.9. The van der Waals surface area contributed by atoms with Gasteiger partial charge in [-0.3, -0.25) is 4.79 Å². The SMILES string of the molecule is C[N+]1(Cc2ccc(NC(=O)/C=C/c3cccc(Br)c3)cc2)CCCCC1. The molecule has 1 amide bonds. The van der Waals surface area contributed by atoms with E-state index in [9.17, 15) is 4.79 Å². The molecule has 1 heterocycles. The lowest BCUT2D eigenvalue weighted by Crippen LogP contribution is -2.46. The van der Waals surface area contributed by atoms with Crippen molar-refractivity contribution in [2.75, 3.05) is 25.5 Å². The summed E-state index contributed by atoms with van der Waals surface area (Å²) in [5.41, 5.74) is 3.15. The van der Waals surface area contributed by atoms with Crippen LogP contribution in [0.1, 0.15) is 30.4 Å². The molecule has 1 saturated heterocycles. The second-order valence-electron chi connectivity index (χ2n) is 7.36. The summed E-state index contributed by atoms with van der Waals surface area (Å²) in [6, 6.07) is 16.1. The average molecular weight is 414 g/mol. The molecule has 0 atom stereocenters. The van der Waals surface area contributed by atoms with E-state index in [2.05, 4.69) is 40.4 Å². The maximum atomic E-state index is 12.1. The number of rotatable bonds is 5. The van der Waals surface area contributed by atoms with E-state index in [1.54, 1.807) is 6.08 Å². The van der Waals surface area contributed by atoms with Gasteiger partial charge in [0.05, 0.1) is 20.1 Å². The molecule has 0 radical (unpaired) electrons. The number of hydrogen-bond donors (Lipinski definition) is 1. The van der Waals surface area contributed by atoms with E-state index in [0.717, 1.165) is 26.8 Å². The Hall–Kier alpha value is -1.91. The molecule has 4 heteroatoms. The van der Waals surface area contributed by atoms with E-state index >= 15 is 0 Å². The topological polar surface area (TPSA) is 29.1 Å². The third-order valence-electron chi connectivity index (χ3n) is 4.96. The molecule has 0 aromatic heterocycles. The molecule has 0 spiro atoms. The largest absolute Gasteiger partial charge is 0.323 e. The lowest BCUT2D eigenvalue weighted by Gasteiger charge is -2.37. The Kier molecular flexibility index (Phi) is 6.28. The van der Waals surface area contributed by atoms with E-state index < -0.39 is 0 Å². The van der Waals surface area contributed by atoms with Crippen molar-refractivity contribution in [3.05, 3.63) is 70.2 Å². The maximum Gasteiger partial charge on any atom is 0.248 e. The fourth-order valence-corrected chi connectivity index (χ4v) is 3.95. The van der Waals surface area contributed by atoms with Gasteiger partial charge in [-0.15, -0.1) is 0 Å². The monoisotopic (exact) mass is 413 g/mol.